The summed E-state index contributed by atoms with van der Waals surface area (Å²) in [6, 6.07) is 3.02. The van der Waals surface area contributed by atoms with Crippen LogP contribution in [0.4, 0.5) is 5.82 Å². The molecule has 1 rings (SSSR count). The smallest absolute Gasteiger partial charge is 0.317 e. The van der Waals surface area contributed by atoms with Gasteiger partial charge in [-0.25, -0.2) is 4.98 Å². The van der Waals surface area contributed by atoms with Crippen LogP contribution < -0.4 is 0 Å². The zero-order valence-corrected chi connectivity index (χ0v) is 9.02. The molecule has 0 bridgehead atoms. The number of rotatable bonds is 2. The first kappa shape index (κ1) is 11.3. The number of carbonyl (C=O) groups excluding carboxylic acids is 1. The van der Waals surface area contributed by atoms with E-state index in [0.29, 0.717) is 0 Å². The molecule has 1 aromatic heterocycles. The fraction of sp³-hybridized carbons (Fsp3) is 0.250. The van der Waals surface area contributed by atoms with Crippen LogP contribution in [0.5, 0.6) is 0 Å². The number of pyridine rings is 1. The van der Waals surface area contributed by atoms with Crippen LogP contribution in [0.2, 0.25) is 0 Å². The van der Waals surface area contributed by atoms with Crippen LogP contribution in [0.3, 0.4) is 0 Å². The summed E-state index contributed by atoms with van der Waals surface area (Å²) in [5.41, 5.74) is 0.159. The van der Waals surface area contributed by atoms with Crippen LogP contribution in [0, 0.1) is 0 Å². The lowest BCUT2D eigenvalue weighted by molar-refractivity contribution is 0.0828. The Labute approximate surface area is 88.3 Å². The topological polar surface area (TPSA) is 79.7 Å². The average molecular weight is 227 g/mol. The van der Waals surface area contributed by atoms with Gasteiger partial charge in [-0.2, -0.15) is 8.42 Å². The molecule has 1 aromatic rings. The summed E-state index contributed by atoms with van der Waals surface area (Å²) in [7, 11) is 0.511. The summed E-state index contributed by atoms with van der Waals surface area (Å²) < 4.78 is 24.0. The molecular formula is C8H9N3O3S. The normalized spacial score (nSPS) is 9.47. The molecule has 0 aliphatic heterocycles. The van der Waals surface area contributed by atoms with Crippen molar-refractivity contribution in [3.63, 3.8) is 0 Å². The molecule has 80 valence electrons. The first-order chi connectivity index (χ1) is 7.02. The lowest BCUT2D eigenvalue weighted by Crippen LogP contribution is -2.21. The summed E-state index contributed by atoms with van der Waals surface area (Å²) in [5.74, 6) is -0.433. The monoisotopic (exact) mass is 227 g/mol. The van der Waals surface area contributed by atoms with Crippen molar-refractivity contribution < 1.29 is 13.2 Å². The van der Waals surface area contributed by atoms with Gasteiger partial charge in [0.1, 0.15) is 0 Å². The predicted molar refractivity (Wildman–Crippen MR) is 53.3 cm³/mol. The third-order valence-electron chi connectivity index (χ3n) is 1.58. The second-order valence-corrected chi connectivity index (χ2v) is 3.50. The quantitative estimate of drug-likeness (QED) is 0.735. The highest BCUT2D eigenvalue weighted by Crippen LogP contribution is 2.15. The molecule has 0 N–H and O–H groups in total. The van der Waals surface area contributed by atoms with Crippen molar-refractivity contribution in [2.75, 3.05) is 14.1 Å². The van der Waals surface area contributed by atoms with E-state index in [1.54, 1.807) is 20.2 Å². The first-order valence-corrected chi connectivity index (χ1v) is 5.03. The largest absolute Gasteiger partial charge is 0.345 e. The van der Waals surface area contributed by atoms with Gasteiger partial charge in [-0.05, 0) is 12.1 Å². The van der Waals surface area contributed by atoms with Gasteiger partial charge >= 0.3 is 10.5 Å². The molecule has 0 spiro atoms. The van der Waals surface area contributed by atoms with E-state index in [4.69, 9.17) is 0 Å². The van der Waals surface area contributed by atoms with Crippen molar-refractivity contribution in [2.24, 2.45) is 4.36 Å². The lowest BCUT2D eigenvalue weighted by atomic mass is 10.2. The Morgan fingerprint density at radius 2 is 2.13 bits per heavy atom. The SMILES string of the molecule is CN(C)C(=O)c1cccnc1N=S(=O)=O. The maximum atomic E-state index is 11.6. The lowest BCUT2D eigenvalue weighted by Gasteiger charge is -2.10. The highest BCUT2D eigenvalue weighted by atomic mass is 32.2. The van der Waals surface area contributed by atoms with E-state index in [9.17, 15) is 13.2 Å². The zero-order valence-electron chi connectivity index (χ0n) is 8.21. The van der Waals surface area contributed by atoms with Gasteiger partial charge in [0.25, 0.3) is 5.91 Å². The van der Waals surface area contributed by atoms with Crippen LogP contribution in [0.1, 0.15) is 10.4 Å². The third kappa shape index (κ3) is 2.84. The standard InChI is InChI=1S/C8H9N3O3S/c1-11(2)8(12)6-4-3-5-9-7(6)10-15(13)14/h3-5H,1-2H3. The Hall–Kier alpha value is -1.76. The molecule has 0 unspecified atom stereocenters. The summed E-state index contributed by atoms with van der Waals surface area (Å²) in [4.78, 5) is 16.6. The molecule has 0 saturated carbocycles. The van der Waals surface area contributed by atoms with Crippen molar-refractivity contribution in [3.8, 4) is 0 Å². The summed E-state index contributed by atoms with van der Waals surface area (Å²) >= 11 is 0. The minimum atomic E-state index is -2.61. The van der Waals surface area contributed by atoms with Crippen molar-refractivity contribution in [2.45, 2.75) is 0 Å². The van der Waals surface area contributed by atoms with Gasteiger partial charge in [-0.3, -0.25) is 4.79 Å². The molecule has 0 atom stereocenters. The first-order valence-electron chi connectivity index (χ1n) is 4.00. The minimum absolute atomic E-state index is 0.0930. The van der Waals surface area contributed by atoms with E-state index in [2.05, 4.69) is 9.35 Å². The van der Waals surface area contributed by atoms with Crippen molar-refractivity contribution >= 4 is 22.2 Å². The molecule has 6 nitrogen and oxygen atoms in total. The van der Waals surface area contributed by atoms with Crippen LogP contribution in [-0.2, 0) is 10.5 Å². The Morgan fingerprint density at radius 3 is 2.67 bits per heavy atom. The molecule has 1 heterocycles. The van der Waals surface area contributed by atoms with E-state index in [-0.39, 0.29) is 17.3 Å². The van der Waals surface area contributed by atoms with Crippen LogP contribution >= 0.6 is 0 Å². The molecular weight excluding hydrogens is 218 g/mol. The number of hydrogen-bond donors (Lipinski definition) is 0. The number of amides is 1. The van der Waals surface area contributed by atoms with Gasteiger partial charge in [-0.15, -0.1) is 4.36 Å². The summed E-state index contributed by atoms with van der Waals surface area (Å²) in [5, 5.41) is 0. The average Bonchev–Trinajstić information content (AvgIpc) is 2.16. The number of aromatic nitrogens is 1. The second kappa shape index (κ2) is 4.65. The number of carbonyl (C=O) groups is 1. The molecule has 0 aliphatic rings. The molecule has 0 aliphatic carbocycles. The molecule has 15 heavy (non-hydrogen) atoms. The fourth-order valence-electron chi connectivity index (χ4n) is 0.948. The molecule has 0 saturated heterocycles. The Morgan fingerprint density at radius 1 is 1.47 bits per heavy atom. The zero-order chi connectivity index (χ0) is 11.4. The Bertz CT molecular complexity index is 500. The maximum Gasteiger partial charge on any atom is 0.317 e. The van der Waals surface area contributed by atoms with Gasteiger partial charge in [-0.1, -0.05) is 0 Å². The van der Waals surface area contributed by atoms with Gasteiger partial charge < -0.3 is 4.90 Å². The van der Waals surface area contributed by atoms with E-state index in [1.807, 2.05) is 0 Å². The van der Waals surface area contributed by atoms with Gasteiger partial charge in [0.15, 0.2) is 5.82 Å². The maximum absolute atomic E-state index is 11.6. The molecule has 0 radical (unpaired) electrons. The summed E-state index contributed by atoms with van der Waals surface area (Å²) in [6.07, 6.45) is 1.37. The van der Waals surface area contributed by atoms with Crippen LogP contribution in [0.25, 0.3) is 0 Å². The molecule has 0 aromatic carbocycles. The highest BCUT2D eigenvalue weighted by molar-refractivity contribution is 7.61. The van der Waals surface area contributed by atoms with Gasteiger partial charge in [0, 0.05) is 20.3 Å². The highest BCUT2D eigenvalue weighted by Gasteiger charge is 2.13. The van der Waals surface area contributed by atoms with Gasteiger partial charge in [0.05, 0.1) is 5.56 Å². The Balaban J connectivity index is 3.30. The van der Waals surface area contributed by atoms with Gasteiger partial charge in [0.2, 0.25) is 0 Å². The van der Waals surface area contributed by atoms with Crippen LogP contribution in [0.15, 0.2) is 22.7 Å². The third-order valence-corrected chi connectivity index (χ3v) is 1.91. The Kier molecular flexibility index (Phi) is 3.51. The predicted octanol–water partition coefficient (Wildman–Crippen LogP) is 0.478. The summed E-state index contributed by atoms with van der Waals surface area (Å²) in [6.45, 7) is 0. The molecule has 1 amide bonds. The number of nitrogens with zero attached hydrogens (tertiary/aromatic N) is 3. The molecule has 0 fully saturated rings. The van der Waals surface area contributed by atoms with E-state index in [0.717, 1.165) is 0 Å². The number of hydrogen-bond acceptors (Lipinski definition) is 5. The van der Waals surface area contributed by atoms with E-state index >= 15 is 0 Å². The second-order valence-electron chi connectivity index (χ2n) is 2.88. The fourth-order valence-corrected chi connectivity index (χ4v) is 1.23. The van der Waals surface area contributed by atoms with Crippen molar-refractivity contribution in [1.82, 2.24) is 9.88 Å². The minimum Gasteiger partial charge on any atom is -0.345 e. The van der Waals surface area contributed by atoms with E-state index < -0.39 is 10.5 Å². The van der Waals surface area contributed by atoms with Crippen LogP contribution in [-0.4, -0.2) is 38.3 Å². The van der Waals surface area contributed by atoms with E-state index in [1.165, 1.54) is 17.2 Å². The van der Waals surface area contributed by atoms with Crippen molar-refractivity contribution in [1.29, 1.82) is 0 Å². The van der Waals surface area contributed by atoms with Crippen molar-refractivity contribution in [3.05, 3.63) is 23.9 Å². The molecule has 7 heteroatoms.